The van der Waals surface area contributed by atoms with E-state index in [9.17, 15) is 9.90 Å². The molecule has 3 fully saturated rings. The van der Waals surface area contributed by atoms with Gasteiger partial charge in [0.1, 0.15) is 11.9 Å². The molecule has 3 aliphatic heterocycles. The highest BCUT2D eigenvalue weighted by Crippen LogP contribution is 2.35. The molecule has 6 nitrogen and oxygen atoms in total. The Kier molecular flexibility index (Phi) is 4.03. The minimum atomic E-state index is -0.658. The average molecular weight is 320 g/mol. The topological polar surface area (TPSA) is 74.9 Å². The summed E-state index contributed by atoms with van der Waals surface area (Å²) >= 11 is 0. The van der Waals surface area contributed by atoms with Gasteiger partial charge in [0.2, 0.25) is 0 Å². The van der Waals surface area contributed by atoms with Crippen molar-refractivity contribution in [3.63, 3.8) is 0 Å². The molecule has 1 aromatic rings. The van der Waals surface area contributed by atoms with Gasteiger partial charge in [-0.15, -0.1) is 0 Å². The number of amides is 2. The summed E-state index contributed by atoms with van der Waals surface area (Å²) in [6.45, 7) is 0.753. The first-order valence-electron chi connectivity index (χ1n) is 8.65. The van der Waals surface area contributed by atoms with Crippen LogP contribution in [0.4, 0.5) is 4.79 Å². The second kappa shape index (κ2) is 6.17. The number of aliphatic hydroxyl groups is 1. The van der Waals surface area contributed by atoms with Crippen LogP contribution in [0.15, 0.2) is 22.8 Å². The van der Waals surface area contributed by atoms with Gasteiger partial charge in [0.05, 0.1) is 24.5 Å². The number of hydrogen-bond acceptors (Lipinski definition) is 4. The Morgan fingerprint density at radius 3 is 3.04 bits per heavy atom. The van der Waals surface area contributed by atoms with E-state index in [1.807, 2.05) is 4.90 Å². The fourth-order valence-corrected chi connectivity index (χ4v) is 4.23. The Morgan fingerprint density at radius 2 is 2.35 bits per heavy atom. The molecule has 4 heterocycles. The number of nitrogens with one attached hydrogen (secondary N) is 1. The molecule has 2 N–H and O–H groups in total. The van der Waals surface area contributed by atoms with Crippen molar-refractivity contribution in [2.24, 2.45) is 0 Å². The quantitative estimate of drug-likeness (QED) is 0.892. The van der Waals surface area contributed by atoms with Crippen LogP contribution in [0, 0.1) is 0 Å². The average Bonchev–Trinajstić information content (AvgIpc) is 3.31. The number of furan rings is 1. The van der Waals surface area contributed by atoms with Crippen molar-refractivity contribution in [2.45, 2.75) is 68.9 Å². The number of carbonyl (C=O) groups is 1. The minimum absolute atomic E-state index is 0.0136. The van der Waals surface area contributed by atoms with Gasteiger partial charge in [-0.1, -0.05) is 0 Å². The van der Waals surface area contributed by atoms with Crippen LogP contribution in [0.1, 0.15) is 50.4 Å². The van der Waals surface area contributed by atoms with Crippen molar-refractivity contribution in [1.82, 2.24) is 10.2 Å². The largest absolute Gasteiger partial charge is 0.467 e. The lowest BCUT2D eigenvalue weighted by atomic mass is 9.96. The number of aliphatic hydroxyl groups excluding tert-OH is 1. The molecule has 5 atom stereocenters. The number of ether oxygens (including phenoxy) is 1. The van der Waals surface area contributed by atoms with E-state index in [4.69, 9.17) is 9.15 Å². The molecule has 1 aromatic heterocycles. The summed E-state index contributed by atoms with van der Waals surface area (Å²) in [4.78, 5) is 14.5. The highest BCUT2D eigenvalue weighted by molar-refractivity contribution is 5.75. The lowest BCUT2D eigenvalue weighted by Gasteiger charge is -2.29. The first kappa shape index (κ1) is 15.0. The minimum Gasteiger partial charge on any atom is -0.467 e. The third-order valence-corrected chi connectivity index (χ3v) is 5.42. The van der Waals surface area contributed by atoms with Crippen LogP contribution in [-0.2, 0) is 4.74 Å². The molecule has 4 rings (SSSR count). The van der Waals surface area contributed by atoms with Gasteiger partial charge in [-0.3, -0.25) is 0 Å². The molecule has 3 aliphatic rings. The summed E-state index contributed by atoms with van der Waals surface area (Å²) < 4.78 is 11.1. The number of rotatable bonds is 4. The molecule has 0 aliphatic carbocycles. The van der Waals surface area contributed by atoms with E-state index in [1.54, 1.807) is 18.4 Å². The molecule has 0 radical (unpaired) electrons. The van der Waals surface area contributed by atoms with Gasteiger partial charge in [0.15, 0.2) is 0 Å². The van der Waals surface area contributed by atoms with E-state index in [-0.39, 0.29) is 24.2 Å². The Hall–Kier alpha value is -1.53. The zero-order chi connectivity index (χ0) is 15.8. The van der Waals surface area contributed by atoms with Crippen molar-refractivity contribution in [1.29, 1.82) is 0 Å². The number of fused-ring (bicyclic) bond motifs is 2. The number of urea groups is 1. The number of likely N-dealkylation sites (tertiary alicyclic amines) is 1. The first-order chi connectivity index (χ1) is 11.2. The number of carbonyl (C=O) groups excluding carboxylic acids is 1. The maximum atomic E-state index is 12.6. The third kappa shape index (κ3) is 2.97. The van der Waals surface area contributed by atoms with Gasteiger partial charge in [-0.25, -0.2) is 4.79 Å². The second-order valence-electron chi connectivity index (χ2n) is 6.92. The van der Waals surface area contributed by atoms with Crippen molar-refractivity contribution in [2.75, 3.05) is 6.54 Å². The molecular weight excluding hydrogens is 296 g/mol. The Morgan fingerprint density at radius 1 is 1.43 bits per heavy atom. The molecule has 2 bridgehead atoms. The highest BCUT2D eigenvalue weighted by Gasteiger charge is 2.42. The van der Waals surface area contributed by atoms with Crippen LogP contribution in [-0.4, -0.2) is 46.9 Å². The van der Waals surface area contributed by atoms with Crippen LogP contribution in [0.2, 0.25) is 0 Å². The van der Waals surface area contributed by atoms with Gasteiger partial charge >= 0.3 is 6.03 Å². The smallest absolute Gasteiger partial charge is 0.317 e. The monoisotopic (exact) mass is 320 g/mol. The molecule has 2 amide bonds. The summed E-state index contributed by atoms with van der Waals surface area (Å²) in [5, 5.41) is 13.4. The molecule has 0 saturated carbocycles. The first-order valence-corrected chi connectivity index (χ1v) is 8.65. The summed E-state index contributed by atoms with van der Waals surface area (Å²) in [5.41, 5.74) is 0. The molecule has 5 unspecified atom stereocenters. The van der Waals surface area contributed by atoms with Gasteiger partial charge in [0, 0.05) is 19.0 Å². The van der Waals surface area contributed by atoms with Crippen LogP contribution in [0.3, 0.4) is 0 Å². The fraction of sp³-hybridized carbons (Fsp3) is 0.706. The predicted molar refractivity (Wildman–Crippen MR) is 82.8 cm³/mol. The number of nitrogens with zero attached hydrogens (tertiary/aromatic N) is 1. The maximum absolute atomic E-state index is 12.6. The van der Waals surface area contributed by atoms with E-state index >= 15 is 0 Å². The van der Waals surface area contributed by atoms with Gasteiger partial charge in [0.25, 0.3) is 0 Å². The second-order valence-corrected chi connectivity index (χ2v) is 6.92. The Labute approximate surface area is 135 Å². The highest BCUT2D eigenvalue weighted by atomic mass is 16.5. The summed E-state index contributed by atoms with van der Waals surface area (Å²) in [6, 6.07) is 3.75. The molecule has 3 saturated heterocycles. The number of hydrogen-bond donors (Lipinski definition) is 2. The van der Waals surface area contributed by atoms with Crippen molar-refractivity contribution in [3.8, 4) is 0 Å². The van der Waals surface area contributed by atoms with Crippen LogP contribution in [0.25, 0.3) is 0 Å². The molecule has 126 valence electrons. The van der Waals surface area contributed by atoms with Gasteiger partial charge < -0.3 is 24.5 Å². The van der Waals surface area contributed by atoms with Crippen molar-refractivity contribution >= 4 is 6.03 Å². The van der Waals surface area contributed by atoms with Crippen molar-refractivity contribution < 1.29 is 19.1 Å². The fourth-order valence-electron chi connectivity index (χ4n) is 4.23. The molecule has 0 spiro atoms. The third-order valence-electron chi connectivity index (χ3n) is 5.42. The summed E-state index contributed by atoms with van der Waals surface area (Å²) in [7, 11) is 0. The molecule has 6 heteroatoms. The lowest BCUT2D eigenvalue weighted by molar-refractivity contribution is 0.0937. The zero-order valence-electron chi connectivity index (χ0n) is 13.2. The van der Waals surface area contributed by atoms with Crippen LogP contribution < -0.4 is 5.32 Å². The Bertz CT molecular complexity index is 547. The Balaban J connectivity index is 1.34. The van der Waals surface area contributed by atoms with E-state index in [2.05, 4.69) is 5.32 Å². The SMILES string of the molecule is O=C(NC1CC2CCC1O2)N1CCCC1CC(O)c1ccco1. The zero-order valence-corrected chi connectivity index (χ0v) is 13.2. The van der Waals surface area contributed by atoms with Gasteiger partial charge in [-0.2, -0.15) is 0 Å². The van der Waals surface area contributed by atoms with E-state index in [1.165, 1.54) is 0 Å². The molecular formula is C17H24N2O4. The molecule has 23 heavy (non-hydrogen) atoms. The maximum Gasteiger partial charge on any atom is 0.317 e. The van der Waals surface area contributed by atoms with Gasteiger partial charge in [-0.05, 0) is 44.2 Å². The normalized spacial score (nSPS) is 34.0. The van der Waals surface area contributed by atoms with E-state index in [0.29, 0.717) is 18.3 Å². The summed E-state index contributed by atoms with van der Waals surface area (Å²) in [6.07, 6.45) is 6.97. The summed E-state index contributed by atoms with van der Waals surface area (Å²) in [5.74, 6) is 0.568. The predicted octanol–water partition coefficient (Wildman–Crippen LogP) is 2.20. The van der Waals surface area contributed by atoms with E-state index < -0.39 is 6.10 Å². The molecule has 0 aromatic carbocycles. The van der Waals surface area contributed by atoms with Crippen molar-refractivity contribution in [3.05, 3.63) is 24.2 Å². The van der Waals surface area contributed by atoms with Crippen LogP contribution in [0.5, 0.6) is 0 Å². The van der Waals surface area contributed by atoms with E-state index in [0.717, 1.165) is 38.6 Å². The lowest BCUT2D eigenvalue weighted by Crippen LogP contribution is -2.49. The van der Waals surface area contributed by atoms with Crippen LogP contribution >= 0.6 is 0 Å². The standard InChI is InChI=1S/C17H24N2O4/c20-14(16-4-2-8-22-16)9-11-3-1-7-19(11)17(21)18-13-10-12-5-6-15(13)23-12/h2,4,8,11-15,20H,1,3,5-7,9-10H2,(H,18,21).